The largest absolute Gasteiger partial charge is 0.355 e. The zero-order chi connectivity index (χ0) is 17.8. The zero-order valence-electron chi connectivity index (χ0n) is 13.8. The van der Waals surface area contributed by atoms with E-state index in [4.69, 9.17) is 11.6 Å². The van der Waals surface area contributed by atoms with E-state index in [1.165, 1.54) is 22.2 Å². The van der Waals surface area contributed by atoms with Crippen molar-refractivity contribution in [3.8, 4) is 11.1 Å². The molecule has 3 aromatic rings. The topological polar surface area (TPSA) is 64.0 Å². The van der Waals surface area contributed by atoms with E-state index in [1.807, 2.05) is 17.5 Å². The minimum Gasteiger partial charge on any atom is -0.355 e. The van der Waals surface area contributed by atoms with E-state index >= 15 is 0 Å². The van der Waals surface area contributed by atoms with Crippen molar-refractivity contribution in [1.29, 1.82) is 0 Å². The number of rotatable bonds is 6. The molecule has 5 nitrogen and oxygen atoms in total. The summed E-state index contributed by atoms with van der Waals surface area (Å²) in [7, 11) is 0. The van der Waals surface area contributed by atoms with Crippen molar-refractivity contribution in [3.05, 3.63) is 51.3 Å². The lowest BCUT2D eigenvalue weighted by molar-refractivity contribution is -0.121. The van der Waals surface area contributed by atoms with Gasteiger partial charge in [0.2, 0.25) is 5.91 Å². The standard InChI is InChI=1S/C18H18ClN3O2S/c1-2-3-8-20-15(23)9-22-11-21-17-16(18(22)24)14(10-25-17)12-4-6-13(19)7-5-12/h4-7,10-11H,2-3,8-9H2,1H3,(H,20,23). The van der Waals surface area contributed by atoms with Crippen molar-refractivity contribution in [1.82, 2.24) is 14.9 Å². The first kappa shape index (κ1) is 17.6. The molecule has 0 radical (unpaired) electrons. The van der Waals surface area contributed by atoms with Crippen LogP contribution >= 0.6 is 22.9 Å². The van der Waals surface area contributed by atoms with Crippen molar-refractivity contribution in [2.45, 2.75) is 26.3 Å². The van der Waals surface area contributed by atoms with Gasteiger partial charge in [0.05, 0.1) is 11.7 Å². The highest BCUT2D eigenvalue weighted by Gasteiger charge is 2.14. The van der Waals surface area contributed by atoms with E-state index < -0.39 is 0 Å². The van der Waals surface area contributed by atoms with Crippen molar-refractivity contribution >= 4 is 39.1 Å². The molecule has 0 unspecified atom stereocenters. The Morgan fingerprint density at radius 2 is 2.08 bits per heavy atom. The van der Waals surface area contributed by atoms with Gasteiger partial charge in [-0.05, 0) is 24.1 Å². The number of hydrogen-bond acceptors (Lipinski definition) is 4. The maximum absolute atomic E-state index is 12.8. The van der Waals surface area contributed by atoms with Crippen molar-refractivity contribution in [3.63, 3.8) is 0 Å². The molecule has 0 aliphatic heterocycles. The molecule has 130 valence electrons. The van der Waals surface area contributed by atoms with E-state index in [0.717, 1.165) is 24.0 Å². The molecular formula is C18H18ClN3O2S. The Kier molecular flexibility index (Phi) is 5.50. The summed E-state index contributed by atoms with van der Waals surface area (Å²) in [5.41, 5.74) is 1.51. The number of fused-ring (bicyclic) bond motifs is 1. The van der Waals surface area contributed by atoms with E-state index in [1.54, 1.807) is 12.1 Å². The molecular weight excluding hydrogens is 358 g/mol. The number of unbranched alkanes of at least 4 members (excludes halogenated alkanes) is 1. The van der Waals surface area contributed by atoms with Gasteiger partial charge in [-0.15, -0.1) is 11.3 Å². The average Bonchev–Trinajstić information content (AvgIpc) is 3.03. The van der Waals surface area contributed by atoms with Crippen LogP contribution in [0.1, 0.15) is 19.8 Å². The minimum absolute atomic E-state index is 0.0264. The van der Waals surface area contributed by atoms with Crippen LogP contribution in [0.15, 0.2) is 40.8 Å². The Labute approximate surface area is 154 Å². The lowest BCUT2D eigenvalue weighted by Crippen LogP contribution is -2.32. The lowest BCUT2D eigenvalue weighted by atomic mass is 10.1. The van der Waals surface area contributed by atoms with Gasteiger partial charge in [-0.2, -0.15) is 0 Å². The third-order valence-electron chi connectivity index (χ3n) is 3.88. The molecule has 0 fully saturated rings. The monoisotopic (exact) mass is 375 g/mol. The van der Waals surface area contributed by atoms with Gasteiger partial charge in [-0.1, -0.05) is 37.1 Å². The van der Waals surface area contributed by atoms with E-state index in [9.17, 15) is 9.59 Å². The summed E-state index contributed by atoms with van der Waals surface area (Å²) < 4.78 is 1.36. The molecule has 0 atom stereocenters. The van der Waals surface area contributed by atoms with Crippen LogP contribution in [-0.2, 0) is 11.3 Å². The fourth-order valence-corrected chi connectivity index (χ4v) is 3.57. The smallest absolute Gasteiger partial charge is 0.263 e. The molecule has 0 saturated heterocycles. The van der Waals surface area contributed by atoms with Crippen LogP contribution in [0.2, 0.25) is 5.02 Å². The molecule has 2 aromatic heterocycles. The lowest BCUT2D eigenvalue weighted by Gasteiger charge is -2.07. The predicted octanol–water partition coefficient (Wildman–Crippen LogP) is 3.69. The number of halogens is 1. The zero-order valence-corrected chi connectivity index (χ0v) is 15.4. The van der Waals surface area contributed by atoms with Gasteiger partial charge in [0.15, 0.2) is 0 Å². The quantitative estimate of drug-likeness (QED) is 0.668. The summed E-state index contributed by atoms with van der Waals surface area (Å²) in [5, 5.41) is 5.91. The van der Waals surface area contributed by atoms with Crippen LogP contribution < -0.4 is 10.9 Å². The van der Waals surface area contributed by atoms with Crippen molar-refractivity contribution in [2.24, 2.45) is 0 Å². The number of benzene rings is 1. The Morgan fingerprint density at radius 1 is 1.32 bits per heavy atom. The third-order valence-corrected chi connectivity index (χ3v) is 5.02. The highest BCUT2D eigenvalue weighted by molar-refractivity contribution is 7.17. The van der Waals surface area contributed by atoms with Crippen LogP contribution in [0.4, 0.5) is 0 Å². The Morgan fingerprint density at radius 3 is 2.80 bits per heavy atom. The van der Waals surface area contributed by atoms with Gasteiger partial charge in [0.1, 0.15) is 11.4 Å². The van der Waals surface area contributed by atoms with E-state index in [0.29, 0.717) is 21.8 Å². The van der Waals surface area contributed by atoms with Gasteiger partial charge in [-0.25, -0.2) is 4.98 Å². The van der Waals surface area contributed by atoms with Gasteiger partial charge < -0.3 is 5.32 Å². The Balaban J connectivity index is 1.93. The van der Waals surface area contributed by atoms with Crippen molar-refractivity contribution in [2.75, 3.05) is 6.54 Å². The van der Waals surface area contributed by atoms with Crippen LogP contribution in [0, 0.1) is 0 Å². The normalized spacial score (nSPS) is 11.0. The second-order valence-corrected chi connectivity index (χ2v) is 7.01. The second kappa shape index (κ2) is 7.80. The molecule has 3 rings (SSSR count). The molecule has 25 heavy (non-hydrogen) atoms. The highest BCUT2D eigenvalue weighted by Crippen LogP contribution is 2.31. The summed E-state index contributed by atoms with van der Waals surface area (Å²) in [6.45, 7) is 2.65. The second-order valence-electron chi connectivity index (χ2n) is 5.72. The molecule has 0 aliphatic carbocycles. The summed E-state index contributed by atoms with van der Waals surface area (Å²) >= 11 is 7.35. The number of nitrogens with zero attached hydrogens (tertiary/aromatic N) is 2. The third kappa shape index (κ3) is 3.91. The Bertz CT molecular complexity index is 947. The SMILES string of the molecule is CCCCNC(=O)Cn1cnc2scc(-c3ccc(Cl)cc3)c2c1=O. The highest BCUT2D eigenvalue weighted by atomic mass is 35.5. The van der Waals surface area contributed by atoms with Crippen LogP contribution in [-0.4, -0.2) is 22.0 Å². The number of carbonyl (C=O) groups excluding carboxylic acids is 1. The number of amides is 1. The number of aromatic nitrogens is 2. The predicted molar refractivity (Wildman–Crippen MR) is 102 cm³/mol. The molecule has 1 amide bonds. The van der Waals surface area contributed by atoms with E-state index in [-0.39, 0.29) is 18.0 Å². The van der Waals surface area contributed by atoms with Gasteiger partial charge >= 0.3 is 0 Å². The molecule has 0 saturated carbocycles. The summed E-state index contributed by atoms with van der Waals surface area (Å²) in [5.74, 6) is -0.181. The molecule has 1 aromatic carbocycles. The van der Waals surface area contributed by atoms with Gasteiger partial charge in [-0.3, -0.25) is 14.2 Å². The van der Waals surface area contributed by atoms with Crippen LogP contribution in [0.3, 0.4) is 0 Å². The first-order valence-corrected chi connectivity index (χ1v) is 9.35. The summed E-state index contributed by atoms with van der Waals surface area (Å²) in [6.07, 6.45) is 3.36. The Hall–Kier alpha value is -2.18. The fourth-order valence-electron chi connectivity index (χ4n) is 2.54. The number of hydrogen-bond donors (Lipinski definition) is 1. The summed E-state index contributed by atoms with van der Waals surface area (Å²) in [6, 6.07) is 7.32. The number of carbonyl (C=O) groups is 1. The van der Waals surface area contributed by atoms with Gasteiger partial charge in [0.25, 0.3) is 5.56 Å². The average molecular weight is 376 g/mol. The molecule has 0 bridgehead atoms. The van der Waals surface area contributed by atoms with Gasteiger partial charge in [0, 0.05) is 22.5 Å². The van der Waals surface area contributed by atoms with Crippen LogP contribution in [0.5, 0.6) is 0 Å². The molecule has 0 aliphatic rings. The first-order chi connectivity index (χ1) is 12.1. The maximum Gasteiger partial charge on any atom is 0.263 e. The first-order valence-electron chi connectivity index (χ1n) is 8.09. The summed E-state index contributed by atoms with van der Waals surface area (Å²) in [4.78, 5) is 29.8. The number of nitrogens with one attached hydrogen (secondary N) is 1. The molecule has 0 spiro atoms. The minimum atomic E-state index is -0.207. The van der Waals surface area contributed by atoms with Crippen LogP contribution in [0.25, 0.3) is 21.3 Å². The molecule has 7 heteroatoms. The van der Waals surface area contributed by atoms with Crippen molar-refractivity contribution < 1.29 is 4.79 Å². The van der Waals surface area contributed by atoms with E-state index in [2.05, 4.69) is 17.2 Å². The fraction of sp³-hybridized carbons (Fsp3) is 0.278. The molecule has 2 heterocycles. The maximum atomic E-state index is 12.8. The molecule has 1 N–H and O–H groups in total. The number of thiophene rings is 1.